The van der Waals surface area contributed by atoms with Gasteiger partial charge < -0.3 is 0 Å². The van der Waals surface area contributed by atoms with E-state index < -0.39 is 0 Å². The molecule has 3 nitrogen and oxygen atoms in total. The second-order valence-corrected chi connectivity index (χ2v) is 5.56. The summed E-state index contributed by atoms with van der Waals surface area (Å²) in [6.07, 6.45) is 9.95. The van der Waals surface area contributed by atoms with E-state index >= 15 is 0 Å². The number of halogens is 1. The van der Waals surface area contributed by atoms with Crippen LogP contribution in [0.2, 0.25) is 5.02 Å². The number of rotatable bonds is 7. The van der Waals surface area contributed by atoms with Crippen molar-refractivity contribution in [2.45, 2.75) is 39.0 Å². The number of amides is 1. The van der Waals surface area contributed by atoms with Crippen molar-refractivity contribution in [3.05, 3.63) is 58.3 Å². The van der Waals surface area contributed by atoms with Gasteiger partial charge in [-0.25, -0.2) is 0 Å². The molecule has 0 aliphatic heterocycles. The minimum atomic E-state index is -0.160. The Bertz CT molecular complexity index is 546. The molecule has 0 bridgehead atoms. The van der Waals surface area contributed by atoms with Crippen LogP contribution in [0, 0.1) is 0 Å². The van der Waals surface area contributed by atoms with E-state index in [4.69, 9.17) is 11.6 Å². The van der Waals surface area contributed by atoms with Crippen LogP contribution < -0.4 is 10.9 Å². The number of benzene rings is 1. The third kappa shape index (κ3) is 4.64. The number of hydrogen-bond donors (Lipinski definition) is 2. The molecular formula is C17H21ClN2O. The molecule has 0 saturated carbocycles. The van der Waals surface area contributed by atoms with Gasteiger partial charge in [-0.3, -0.25) is 15.6 Å². The molecule has 112 valence electrons. The number of unbranched alkanes of at least 4 members (excludes halogenated alkanes) is 2. The highest BCUT2D eigenvalue weighted by Crippen LogP contribution is 2.22. The van der Waals surface area contributed by atoms with E-state index in [2.05, 4.69) is 29.9 Å². The fourth-order valence-electron chi connectivity index (χ4n) is 2.29. The maximum atomic E-state index is 12.0. The molecule has 0 unspecified atom stereocenters. The Hall–Kier alpha value is -1.74. The summed E-state index contributed by atoms with van der Waals surface area (Å²) in [6, 6.07) is 6.84. The molecule has 21 heavy (non-hydrogen) atoms. The molecule has 0 heterocycles. The Kier molecular flexibility index (Phi) is 5.88. The molecule has 2 N–H and O–H groups in total. The first kappa shape index (κ1) is 15.6. The number of carbonyl (C=O) groups excluding carboxylic acids is 1. The van der Waals surface area contributed by atoms with E-state index in [9.17, 15) is 4.79 Å². The van der Waals surface area contributed by atoms with Gasteiger partial charge in [-0.15, -0.1) is 0 Å². The first-order chi connectivity index (χ1) is 10.2. The smallest absolute Gasteiger partial charge is 0.269 e. The minimum Gasteiger partial charge on any atom is -0.298 e. The Labute approximate surface area is 131 Å². The third-order valence-corrected chi connectivity index (χ3v) is 3.75. The standard InChI is InChI=1S/C17H21ClN2O/c1-2-3-4-6-13-7-5-8-16(13)19-20-17(21)14-9-11-15(18)12-10-14/h7-12,19H,2-6H2,1H3,(H,20,21). The monoisotopic (exact) mass is 304 g/mol. The highest BCUT2D eigenvalue weighted by atomic mass is 35.5. The summed E-state index contributed by atoms with van der Waals surface area (Å²) in [4.78, 5) is 12.0. The predicted octanol–water partition coefficient (Wildman–Crippen LogP) is 4.37. The zero-order valence-electron chi connectivity index (χ0n) is 12.3. The maximum absolute atomic E-state index is 12.0. The summed E-state index contributed by atoms with van der Waals surface area (Å²) < 4.78 is 0. The average Bonchev–Trinajstić information content (AvgIpc) is 2.93. The van der Waals surface area contributed by atoms with Crippen molar-refractivity contribution in [3.8, 4) is 0 Å². The van der Waals surface area contributed by atoms with Crippen LogP contribution in [-0.2, 0) is 0 Å². The number of hydrazine groups is 1. The second-order valence-electron chi connectivity index (χ2n) is 5.13. The fourth-order valence-corrected chi connectivity index (χ4v) is 2.42. The number of allylic oxidation sites excluding steroid dienone is 3. The van der Waals surface area contributed by atoms with E-state index in [-0.39, 0.29) is 5.91 Å². The number of hydrogen-bond acceptors (Lipinski definition) is 2. The fraction of sp³-hybridized carbons (Fsp3) is 0.353. The maximum Gasteiger partial charge on any atom is 0.269 e. The van der Waals surface area contributed by atoms with Gasteiger partial charge in [0, 0.05) is 10.6 Å². The van der Waals surface area contributed by atoms with Crippen LogP contribution in [0.15, 0.2) is 47.7 Å². The topological polar surface area (TPSA) is 41.1 Å². The van der Waals surface area contributed by atoms with E-state index in [1.165, 1.54) is 24.8 Å². The molecule has 1 aliphatic rings. The largest absolute Gasteiger partial charge is 0.298 e. The summed E-state index contributed by atoms with van der Waals surface area (Å²) in [7, 11) is 0. The highest BCUT2D eigenvalue weighted by Gasteiger charge is 2.11. The van der Waals surface area contributed by atoms with Gasteiger partial charge in [0.15, 0.2) is 0 Å². The summed E-state index contributed by atoms with van der Waals surface area (Å²) in [6.45, 7) is 2.20. The molecule has 0 fully saturated rings. The van der Waals surface area contributed by atoms with Gasteiger partial charge in [-0.05, 0) is 49.1 Å². The molecule has 0 saturated heterocycles. The lowest BCUT2D eigenvalue weighted by Crippen LogP contribution is -2.36. The van der Waals surface area contributed by atoms with E-state index in [0.717, 1.165) is 18.5 Å². The first-order valence-corrected chi connectivity index (χ1v) is 7.80. The summed E-state index contributed by atoms with van der Waals surface area (Å²) in [5.74, 6) is -0.160. The van der Waals surface area contributed by atoms with E-state index in [1.54, 1.807) is 24.3 Å². The zero-order valence-corrected chi connectivity index (χ0v) is 13.0. The molecule has 0 radical (unpaired) electrons. The van der Waals surface area contributed by atoms with Crippen LogP contribution >= 0.6 is 11.6 Å². The molecule has 2 rings (SSSR count). The van der Waals surface area contributed by atoms with Crippen LogP contribution in [0.5, 0.6) is 0 Å². The number of carbonyl (C=O) groups is 1. The molecular weight excluding hydrogens is 284 g/mol. The molecule has 1 aromatic rings. The molecule has 1 aliphatic carbocycles. The van der Waals surface area contributed by atoms with Gasteiger partial charge in [-0.1, -0.05) is 43.5 Å². The van der Waals surface area contributed by atoms with E-state index in [1.807, 2.05) is 0 Å². The minimum absolute atomic E-state index is 0.160. The van der Waals surface area contributed by atoms with Crippen molar-refractivity contribution in [2.24, 2.45) is 0 Å². The van der Waals surface area contributed by atoms with Crippen molar-refractivity contribution in [1.82, 2.24) is 10.9 Å². The molecule has 0 atom stereocenters. The Balaban J connectivity index is 1.83. The van der Waals surface area contributed by atoms with Gasteiger partial charge in [0.05, 0.1) is 5.70 Å². The first-order valence-electron chi connectivity index (χ1n) is 7.42. The Morgan fingerprint density at radius 2 is 1.95 bits per heavy atom. The van der Waals surface area contributed by atoms with Crippen molar-refractivity contribution in [2.75, 3.05) is 0 Å². The van der Waals surface area contributed by atoms with Crippen molar-refractivity contribution >= 4 is 17.5 Å². The molecule has 1 aromatic carbocycles. The predicted molar refractivity (Wildman–Crippen MR) is 87.0 cm³/mol. The molecule has 0 aromatic heterocycles. The Morgan fingerprint density at radius 3 is 2.67 bits per heavy atom. The quantitative estimate of drug-likeness (QED) is 0.580. The van der Waals surface area contributed by atoms with Crippen LogP contribution in [0.25, 0.3) is 0 Å². The van der Waals surface area contributed by atoms with Crippen LogP contribution in [0.3, 0.4) is 0 Å². The summed E-state index contributed by atoms with van der Waals surface area (Å²) in [5, 5.41) is 0.624. The van der Waals surface area contributed by atoms with Gasteiger partial charge in [0.2, 0.25) is 0 Å². The van der Waals surface area contributed by atoms with Crippen LogP contribution in [-0.4, -0.2) is 5.91 Å². The molecule has 4 heteroatoms. The van der Waals surface area contributed by atoms with Crippen LogP contribution in [0.4, 0.5) is 0 Å². The van der Waals surface area contributed by atoms with Crippen LogP contribution in [0.1, 0.15) is 49.4 Å². The lowest BCUT2D eigenvalue weighted by atomic mass is 10.1. The van der Waals surface area contributed by atoms with Crippen molar-refractivity contribution in [3.63, 3.8) is 0 Å². The third-order valence-electron chi connectivity index (χ3n) is 3.50. The number of nitrogens with one attached hydrogen (secondary N) is 2. The van der Waals surface area contributed by atoms with Gasteiger partial charge >= 0.3 is 0 Å². The molecule has 1 amide bonds. The van der Waals surface area contributed by atoms with E-state index in [0.29, 0.717) is 10.6 Å². The van der Waals surface area contributed by atoms with Gasteiger partial charge in [0.25, 0.3) is 5.91 Å². The van der Waals surface area contributed by atoms with Gasteiger partial charge in [-0.2, -0.15) is 0 Å². The SMILES string of the molecule is CCCCCC1=CCC=C1NNC(=O)c1ccc(Cl)cc1. The average molecular weight is 305 g/mol. The normalized spacial score (nSPS) is 13.6. The lowest BCUT2D eigenvalue weighted by Gasteiger charge is -2.13. The highest BCUT2D eigenvalue weighted by molar-refractivity contribution is 6.30. The summed E-state index contributed by atoms with van der Waals surface area (Å²) in [5.41, 5.74) is 8.67. The van der Waals surface area contributed by atoms with Crippen molar-refractivity contribution < 1.29 is 4.79 Å². The zero-order chi connectivity index (χ0) is 15.1. The van der Waals surface area contributed by atoms with Gasteiger partial charge in [0.1, 0.15) is 0 Å². The molecule has 0 spiro atoms. The lowest BCUT2D eigenvalue weighted by molar-refractivity contribution is 0.0939. The van der Waals surface area contributed by atoms with Crippen molar-refractivity contribution in [1.29, 1.82) is 0 Å². The second kappa shape index (κ2) is 7.89. The summed E-state index contributed by atoms with van der Waals surface area (Å²) >= 11 is 5.81. The Morgan fingerprint density at radius 1 is 1.19 bits per heavy atom.